The molecule has 2 rings (SSSR count). The van der Waals surface area contributed by atoms with Gasteiger partial charge in [-0.3, -0.25) is 0 Å². The first-order chi connectivity index (χ1) is 9.19. The summed E-state index contributed by atoms with van der Waals surface area (Å²) in [6, 6.07) is 10.5. The van der Waals surface area contributed by atoms with E-state index in [1.54, 1.807) is 11.3 Å². The van der Waals surface area contributed by atoms with E-state index >= 15 is 0 Å². The Morgan fingerprint density at radius 1 is 0.947 bits per heavy atom. The Bertz CT molecular complexity index is 542. The third-order valence-corrected chi connectivity index (χ3v) is 4.89. The van der Waals surface area contributed by atoms with Crippen LogP contribution in [0.2, 0.25) is 0 Å². The highest BCUT2D eigenvalue weighted by atomic mass is 32.1. The Balaban J connectivity index is 2.30. The van der Waals surface area contributed by atoms with Gasteiger partial charge >= 0.3 is 0 Å². The Morgan fingerprint density at radius 2 is 1.68 bits per heavy atom. The highest BCUT2D eigenvalue weighted by Crippen LogP contribution is 2.30. The first-order valence-corrected chi connectivity index (χ1v) is 7.89. The number of thiophene rings is 1. The molecule has 0 bridgehead atoms. The molecule has 0 fully saturated rings. The summed E-state index contributed by atoms with van der Waals surface area (Å²) in [5, 5.41) is 10.5. The van der Waals surface area contributed by atoms with Gasteiger partial charge in [0.25, 0.3) is 0 Å². The van der Waals surface area contributed by atoms with Gasteiger partial charge in [-0.05, 0) is 48.1 Å². The molecule has 0 amide bonds. The first-order valence-electron chi connectivity index (χ1n) is 7.07. The molecule has 19 heavy (non-hydrogen) atoms. The second kappa shape index (κ2) is 6.36. The zero-order valence-corrected chi connectivity index (χ0v) is 12.8. The average Bonchev–Trinajstić information content (AvgIpc) is 2.94. The fraction of sp³-hybridized carbons (Fsp3) is 0.412. The zero-order valence-electron chi connectivity index (χ0n) is 11.9. The topological polar surface area (TPSA) is 20.2 Å². The molecule has 1 aromatic carbocycles. The summed E-state index contributed by atoms with van der Waals surface area (Å²) in [5.41, 5.74) is 3.75. The lowest BCUT2D eigenvalue weighted by atomic mass is 9.97. The molecular formula is C17H22OS. The van der Waals surface area contributed by atoms with Crippen LogP contribution in [0.3, 0.4) is 0 Å². The van der Waals surface area contributed by atoms with Gasteiger partial charge in [-0.1, -0.05) is 39.0 Å². The number of benzene rings is 1. The summed E-state index contributed by atoms with van der Waals surface area (Å²) >= 11 is 1.71. The molecule has 0 saturated heterocycles. The van der Waals surface area contributed by atoms with Crippen molar-refractivity contribution in [2.24, 2.45) is 0 Å². The second-order valence-corrected chi connectivity index (χ2v) is 6.00. The van der Waals surface area contributed by atoms with Crippen molar-refractivity contribution in [3.05, 3.63) is 56.8 Å². The fourth-order valence-corrected chi connectivity index (χ4v) is 3.35. The summed E-state index contributed by atoms with van der Waals surface area (Å²) in [5.74, 6) is 0. The molecule has 1 heterocycles. The maximum atomic E-state index is 10.5. The predicted molar refractivity (Wildman–Crippen MR) is 83.0 cm³/mol. The maximum Gasteiger partial charge on any atom is 0.113 e. The summed E-state index contributed by atoms with van der Waals surface area (Å²) in [7, 11) is 0. The fourth-order valence-electron chi connectivity index (χ4n) is 2.39. The van der Waals surface area contributed by atoms with E-state index in [1.807, 2.05) is 6.07 Å². The van der Waals surface area contributed by atoms with E-state index in [9.17, 15) is 5.11 Å². The van der Waals surface area contributed by atoms with Gasteiger partial charge in [-0.15, -0.1) is 11.3 Å². The van der Waals surface area contributed by atoms with Crippen LogP contribution in [0.4, 0.5) is 0 Å². The quantitative estimate of drug-likeness (QED) is 0.850. The highest BCUT2D eigenvalue weighted by Gasteiger charge is 2.14. The standard InChI is InChI=1S/C17H22OS/c1-4-12-7-8-14(11-13(12)5-2)17(18)16-10-9-15(6-3)19-16/h7-11,17-18H,4-6H2,1-3H3. The third-order valence-electron chi connectivity index (χ3n) is 3.61. The van der Waals surface area contributed by atoms with Crippen molar-refractivity contribution in [3.8, 4) is 0 Å². The Morgan fingerprint density at radius 3 is 2.26 bits per heavy atom. The molecule has 1 N–H and O–H groups in total. The molecule has 1 aromatic heterocycles. The molecular weight excluding hydrogens is 252 g/mol. The van der Waals surface area contributed by atoms with Crippen molar-refractivity contribution in [3.63, 3.8) is 0 Å². The molecule has 0 spiro atoms. The van der Waals surface area contributed by atoms with E-state index in [4.69, 9.17) is 0 Å². The number of aliphatic hydroxyl groups is 1. The molecule has 0 saturated carbocycles. The van der Waals surface area contributed by atoms with Crippen LogP contribution in [0, 0.1) is 0 Å². The van der Waals surface area contributed by atoms with Crippen LogP contribution >= 0.6 is 11.3 Å². The maximum absolute atomic E-state index is 10.5. The molecule has 1 atom stereocenters. The van der Waals surface area contributed by atoms with Gasteiger partial charge in [0.15, 0.2) is 0 Å². The molecule has 0 aliphatic carbocycles. The molecule has 0 aliphatic heterocycles. The molecule has 2 aromatic rings. The van der Waals surface area contributed by atoms with Gasteiger partial charge in [0.2, 0.25) is 0 Å². The second-order valence-electron chi connectivity index (χ2n) is 4.80. The Kier molecular flexibility index (Phi) is 4.78. The molecule has 102 valence electrons. The van der Waals surface area contributed by atoms with Gasteiger partial charge in [-0.2, -0.15) is 0 Å². The minimum Gasteiger partial charge on any atom is -0.383 e. The lowest BCUT2D eigenvalue weighted by Gasteiger charge is -2.13. The SMILES string of the molecule is CCc1ccc(C(O)c2ccc(CC)c(CC)c2)s1. The zero-order chi connectivity index (χ0) is 13.8. The van der Waals surface area contributed by atoms with E-state index in [-0.39, 0.29) is 0 Å². The van der Waals surface area contributed by atoms with E-state index in [1.165, 1.54) is 16.0 Å². The predicted octanol–water partition coefficient (Wildman–Crippen LogP) is 4.52. The molecule has 1 nitrogen and oxygen atoms in total. The van der Waals surface area contributed by atoms with Gasteiger partial charge in [0.1, 0.15) is 6.10 Å². The van der Waals surface area contributed by atoms with Crippen molar-refractivity contribution in [2.45, 2.75) is 46.1 Å². The van der Waals surface area contributed by atoms with Crippen LogP contribution in [-0.2, 0) is 19.3 Å². The van der Waals surface area contributed by atoms with Gasteiger partial charge < -0.3 is 5.11 Å². The van der Waals surface area contributed by atoms with E-state index in [2.05, 4.69) is 45.0 Å². The van der Waals surface area contributed by atoms with Gasteiger partial charge in [0.05, 0.1) is 0 Å². The third kappa shape index (κ3) is 3.07. The molecule has 0 radical (unpaired) electrons. The van der Waals surface area contributed by atoms with Crippen LogP contribution in [0.15, 0.2) is 30.3 Å². The molecule has 2 heteroatoms. The van der Waals surface area contributed by atoms with Gasteiger partial charge in [-0.25, -0.2) is 0 Å². The molecule has 0 aliphatic rings. The van der Waals surface area contributed by atoms with E-state index in [0.717, 1.165) is 29.7 Å². The number of hydrogen-bond donors (Lipinski definition) is 1. The van der Waals surface area contributed by atoms with Crippen LogP contribution < -0.4 is 0 Å². The summed E-state index contributed by atoms with van der Waals surface area (Å²) in [4.78, 5) is 2.37. The van der Waals surface area contributed by atoms with E-state index in [0.29, 0.717) is 0 Å². The largest absolute Gasteiger partial charge is 0.383 e. The summed E-state index contributed by atoms with van der Waals surface area (Å²) < 4.78 is 0. The molecule has 1 unspecified atom stereocenters. The lowest BCUT2D eigenvalue weighted by molar-refractivity contribution is 0.224. The van der Waals surface area contributed by atoms with E-state index < -0.39 is 6.10 Å². The summed E-state index contributed by atoms with van der Waals surface area (Å²) in [6.45, 7) is 6.50. The first kappa shape index (κ1) is 14.3. The van der Waals surface area contributed by atoms with Crippen LogP contribution in [0.1, 0.15) is 53.3 Å². The van der Waals surface area contributed by atoms with Crippen LogP contribution in [-0.4, -0.2) is 5.11 Å². The van der Waals surface area contributed by atoms with Crippen molar-refractivity contribution >= 4 is 11.3 Å². The minimum atomic E-state index is -0.485. The number of rotatable bonds is 5. The van der Waals surface area contributed by atoms with Crippen molar-refractivity contribution < 1.29 is 5.11 Å². The number of aliphatic hydroxyl groups excluding tert-OH is 1. The number of aryl methyl sites for hydroxylation is 3. The smallest absolute Gasteiger partial charge is 0.113 e. The Labute approximate surface area is 119 Å². The van der Waals surface area contributed by atoms with Crippen LogP contribution in [0.25, 0.3) is 0 Å². The van der Waals surface area contributed by atoms with Crippen molar-refractivity contribution in [1.29, 1.82) is 0 Å². The van der Waals surface area contributed by atoms with Crippen molar-refractivity contribution in [1.82, 2.24) is 0 Å². The number of hydrogen-bond acceptors (Lipinski definition) is 2. The lowest BCUT2D eigenvalue weighted by Crippen LogP contribution is -2.00. The summed E-state index contributed by atoms with van der Waals surface area (Å²) in [6.07, 6.45) is 2.63. The van der Waals surface area contributed by atoms with Crippen LogP contribution in [0.5, 0.6) is 0 Å². The Hall–Kier alpha value is -1.12. The highest BCUT2D eigenvalue weighted by molar-refractivity contribution is 7.12. The normalized spacial score (nSPS) is 12.6. The van der Waals surface area contributed by atoms with Gasteiger partial charge in [0, 0.05) is 9.75 Å². The minimum absolute atomic E-state index is 0.485. The average molecular weight is 274 g/mol. The van der Waals surface area contributed by atoms with Crippen molar-refractivity contribution in [2.75, 3.05) is 0 Å². The monoisotopic (exact) mass is 274 g/mol.